The molecule has 4 rings (SSSR count). The van der Waals surface area contributed by atoms with E-state index in [9.17, 15) is 0 Å². The Kier molecular flexibility index (Phi) is 4.90. The van der Waals surface area contributed by atoms with Crippen LogP contribution in [0.15, 0.2) is 70.8 Å². The molecule has 0 bridgehead atoms. The predicted octanol–water partition coefficient (Wildman–Crippen LogP) is 5.08. The van der Waals surface area contributed by atoms with Crippen LogP contribution in [0.4, 0.5) is 5.69 Å². The van der Waals surface area contributed by atoms with Crippen LogP contribution in [0.5, 0.6) is 5.88 Å². The summed E-state index contributed by atoms with van der Waals surface area (Å²) in [5, 5.41) is 12.6. The second-order valence-corrected chi connectivity index (χ2v) is 7.49. The van der Waals surface area contributed by atoms with Crippen molar-refractivity contribution in [2.24, 2.45) is 0 Å². The second-order valence-electron chi connectivity index (χ2n) is 5.59. The number of rotatable bonds is 4. The van der Waals surface area contributed by atoms with Crippen LogP contribution in [0.3, 0.4) is 0 Å². The van der Waals surface area contributed by atoms with Gasteiger partial charge in [-0.25, -0.2) is 0 Å². The van der Waals surface area contributed by atoms with Gasteiger partial charge in [0.15, 0.2) is 11.9 Å². The lowest BCUT2D eigenvalue weighted by Crippen LogP contribution is -2.17. The van der Waals surface area contributed by atoms with Crippen molar-refractivity contribution >= 4 is 33.4 Å². The van der Waals surface area contributed by atoms with E-state index in [2.05, 4.69) is 43.0 Å². The maximum absolute atomic E-state index is 6.21. The molecule has 1 aliphatic rings. The molecule has 5 nitrogen and oxygen atoms in total. The van der Waals surface area contributed by atoms with E-state index < -0.39 is 0 Å². The molecule has 130 valence electrons. The number of benzene rings is 2. The number of hydrogen-bond donors (Lipinski definition) is 1. The molecule has 26 heavy (non-hydrogen) atoms. The number of anilines is 1. The highest BCUT2D eigenvalue weighted by molar-refractivity contribution is 9.10. The molecule has 0 spiro atoms. The maximum atomic E-state index is 6.21. The summed E-state index contributed by atoms with van der Waals surface area (Å²) >= 11 is 4.94. The lowest BCUT2D eigenvalue weighted by Gasteiger charge is -2.19. The lowest BCUT2D eigenvalue weighted by atomic mass is 10.1. The van der Waals surface area contributed by atoms with E-state index in [-0.39, 0.29) is 6.23 Å². The molecule has 0 saturated heterocycles. The Labute approximate surface area is 164 Å². The standard InChI is InChI=1S/C19H15BrN4OS/c1-2-11-26-19-22-18-16(23-24-19)14-5-3-4-6-15(14)21-17(25-18)12-7-9-13(20)10-8-12/h2-10,17,21H,1,11H2. The van der Waals surface area contributed by atoms with Gasteiger partial charge in [-0.1, -0.05) is 64.1 Å². The zero-order valence-electron chi connectivity index (χ0n) is 13.7. The van der Waals surface area contributed by atoms with Gasteiger partial charge in [0.05, 0.1) is 0 Å². The Morgan fingerprint density at radius 3 is 2.77 bits per heavy atom. The number of nitrogens with zero attached hydrogens (tertiary/aromatic N) is 3. The monoisotopic (exact) mass is 426 g/mol. The van der Waals surface area contributed by atoms with Gasteiger partial charge in [-0.2, -0.15) is 4.98 Å². The van der Waals surface area contributed by atoms with Crippen molar-refractivity contribution in [1.82, 2.24) is 15.2 Å². The zero-order valence-corrected chi connectivity index (χ0v) is 16.1. The van der Waals surface area contributed by atoms with Crippen LogP contribution >= 0.6 is 27.7 Å². The number of fused-ring (bicyclic) bond motifs is 3. The van der Waals surface area contributed by atoms with Crippen molar-refractivity contribution in [3.8, 4) is 17.1 Å². The molecule has 7 heteroatoms. The molecular formula is C19H15BrN4OS. The normalized spacial score (nSPS) is 15.0. The van der Waals surface area contributed by atoms with Crippen molar-refractivity contribution in [3.63, 3.8) is 0 Å². The van der Waals surface area contributed by atoms with Crippen LogP contribution in [0.25, 0.3) is 11.3 Å². The summed E-state index contributed by atoms with van der Waals surface area (Å²) in [5.74, 6) is 1.18. The van der Waals surface area contributed by atoms with Crippen LogP contribution < -0.4 is 10.1 Å². The number of hydrogen-bond acceptors (Lipinski definition) is 6. The molecule has 0 saturated carbocycles. The fraction of sp³-hybridized carbons (Fsp3) is 0.105. The van der Waals surface area contributed by atoms with Crippen molar-refractivity contribution < 1.29 is 4.74 Å². The van der Waals surface area contributed by atoms with Gasteiger partial charge in [-0.15, -0.1) is 16.8 Å². The molecule has 2 aromatic carbocycles. The van der Waals surface area contributed by atoms with Crippen LogP contribution in [0.2, 0.25) is 0 Å². The largest absolute Gasteiger partial charge is 0.448 e. The Morgan fingerprint density at radius 2 is 1.96 bits per heavy atom. The quantitative estimate of drug-likeness (QED) is 0.463. The highest BCUT2D eigenvalue weighted by Crippen LogP contribution is 2.39. The summed E-state index contributed by atoms with van der Waals surface area (Å²) in [4.78, 5) is 4.57. The van der Waals surface area contributed by atoms with E-state index in [1.54, 1.807) is 0 Å². The lowest BCUT2D eigenvalue weighted by molar-refractivity contribution is 0.225. The van der Waals surface area contributed by atoms with Gasteiger partial charge in [0.2, 0.25) is 11.0 Å². The first-order valence-electron chi connectivity index (χ1n) is 8.01. The van der Waals surface area contributed by atoms with Crippen molar-refractivity contribution in [1.29, 1.82) is 0 Å². The number of halogens is 1. The van der Waals surface area contributed by atoms with E-state index in [4.69, 9.17) is 4.74 Å². The molecule has 0 amide bonds. The zero-order chi connectivity index (χ0) is 17.9. The minimum absolute atomic E-state index is 0.376. The van der Waals surface area contributed by atoms with Crippen molar-refractivity contribution in [3.05, 3.63) is 71.2 Å². The van der Waals surface area contributed by atoms with E-state index in [1.807, 2.05) is 54.6 Å². The maximum Gasteiger partial charge on any atom is 0.247 e. The summed E-state index contributed by atoms with van der Waals surface area (Å²) in [5.41, 5.74) is 3.48. The predicted molar refractivity (Wildman–Crippen MR) is 107 cm³/mol. The molecule has 0 radical (unpaired) electrons. The van der Waals surface area contributed by atoms with E-state index in [0.29, 0.717) is 22.5 Å². The first kappa shape index (κ1) is 17.1. The third-order valence-corrected chi connectivity index (χ3v) is 5.20. The Balaban J connectivity index is 1.79. The fourth-order valence-corrected chi connectivity index (χ4v) is 3.41. The Bertz CT molecular complexity index is 949. The van der Waals surface area contributed by atoms with E-state index in [0.717, 1.165) is 21.3 Å². The Morgan fingerprint density at radius 1 is 1.15 bits per heavy atom. The number of para-hydroxylation sites is 1. The molecular weight excluding hydrogens is 412 g/mol. The number of thioether (sulfide) groups is 1. The SMILES string of the molecule is C=CCSc1nnc2c(n1)OC(c1ccc(Br)cc1)Nc1ccccc1-2. The number of ether oxygens (including phenoxy) is 1. The molecule has 2 heterocycles. The summed E-state index contributed by atoms with van der Waals surface area (Å²) in [7, 11) is 0. The summed E-state index contributed by atoms with van der Waals surface area (Å²) in [6, 6.07) is 15.9. The van der Waals surface area contributed by atoms with Gasteiger partial charge in [0.25, 0.3) is 0 Å². The molecule has 1 unspecified atom stereocenters. The summed E-state index contributed by atoms with van der Waals surface area (Å²) in [6.45, 7) is 3.72. The van der Waals surface area contributed by atoms with E-state index >= 15 is 0 Å². The second kappa shape index (κ2) is 7.47. The first-order valence-corrected chi connectivity index (χ1v) is 9.79. The minimum atomic E-state index is -0.376. The molecule has 0 aliphatic carbocycles. The van der Waals surface area contributed by atoms with Gasteiger partial charge in [0.1, 0.15) is 0 Å². The molecule has 1 N–H and O–H groups in total. The molecule has 0 fully saturated rings. The smallest absolute Gasteiger partial charge is 0.247 e. The fourth-order valence-electron chi connectivity index (χ4n) is 2.63. The average molecular weight is 427 g/mol. The first-order chi connectivity index (χ1) is 12.7. The van der Waals surface area contributed by atoms with Gasteiger partial charge < -0.3 is 10.1 Å². The van der Waals surface area contributed by atoms with Gasteiger partial charge >= 0.3 is 0 Å². The van der Waals surface area contributed by atoms with Crippen molar-refractivity contribution in [2.75, 3.05) is 11.1 Å². The number of aromatic nitrogens is 3. The van der Waals surface area contributed by atoms with Crippen LogP contribution in [-0.2, 0) is 0 Å². The van der Waals surface area contributed by atoms with Crippen LogP contribution in [0.1, 0.15) is 11.8 Å². The van der Waals surface area contributed by atoms with Gasteiger partial charge in [-0.3, -0.25) is 0 Å². The van der Waals surface area contributed by atoms with Crippen LogP contribution in [-0.4, -0.2) is 20.9 Å². The highest BCUT2D eigenvalue weighted by Gasteiger charge is 2.25. The average Bonchev–Trinajstić information content (AvgIpc) is 2.83. The van der Waals surface area contributed by atoms with Gasteiger partial charge in [0, 0.05) is 27.0 Å². The third-order valence-electron chi connectivity index (χ3n) is 3.84. The molecule has 1 aliphatic heterocycles. The Hall–Kier alpha value is -2.38. The molecule has 1 aromatic heterocycles. The summed E-state index contributed by atoms with van der Waals surface area (Å²) < 4.78 is 7.22. The minimum Gasteiger partial charge on any atom is -0.448 e. The summed E-state index contributed by atoms with van der Waals surface area (Å²) in [6.07, 6.45) is 1.43. The van der Waals surface area contributed by atoms with Gasteiger partial charge in [-0.05, 0) is 18.2 Å². The topological polar surface area (TPSA) is 59.9 Å². The molecule has 1 atom stereocenters. The molecule has 3 aromatic rings. The van der Waals surface area contributed by atoms with Crippen molar-refractivity contribution in [2.45, 2.75) is 11.4 Å². The third kappa shape index (κ3) is 3.45. The van der Waals surface area contributed by atoms with Crippen LogP contribution in [0, 0.1) is 0 Å². The highest BCUT2D eigenvalue weighted by atomic mass is 79.9. The number of nitrogens with one attached hydrogen (secondary N) is 1. The van der Waals surface area contributed by atoms with E-state index in [1.165, 1.54) is 11.8 Å².